The summed E-state index contributed by atoms with van der Waals surface area (Å²) in [5.41, 5.74) is 1.34. The molecule has 3 heteroatoms. The fourth-order valence-electron chi connectivity index (χ4n) is 2.14. The summed E-state index contributed by atoms with van der Waals surface area (Å²) >= 11 is 1.79. The van der Waals surface area contributed by atoms with Crippen molar-refractivity contribution >= 4 is 17.4 Å². The van der Waals surface area contributed by atoms with Gasteiger partial charge in [-0.2, -0.15) is 0 Å². The SMILES string of the molecule is COC1CCN(c2ccc(SC)cc2)CC1. The lowest BCUT2D eigenvalue weighted by atomic mass is 10.1. The number of ether oxygens (including phenoxy) is 1. The molecule has 1 aliphatic heterocycles. The standard InChI is InChI=1S/C13H19NOS/c1-15-12-7-9-14(10-8-12)11-3-5-13(16-2)6-4-11/h3-6,12H,7-10H2,1-2H3. The molecule has 0 spiro atoms. The van der Waals surface area contributed by atoms with Gasteiger partial charge in [0.1, 0.15) is 0 Å². The molecule has 1 aromatic carbocycles. The molecule has 0 atom stereocenters. The molecule has 1 aromatic rings. The molecule has 0 N–H and O–H groups in total. The van der Waals surface area contributed by atoms with Crippen molar-refractivity contribution < 1.29 is 4.74 Å². The Kier molecular flexibility index (Phi) is 4.13. The molecule has 1 aliphatic rings. The van der Waals surface area contributed by atoms with Gasteiger partial charge in [0.05, 0.1) is 6.10 Å². The second kappa shape index (κ2) is 5.60. The van der Waals surface area contributed by atoms with Gasteiger partial charge in [-0.1, -0.05) is 0 Å². The molecule has 1 heterocycles. The van der Waals surface area contributed by atoms with Gasteiger partial charge in [-0.3, -0.25) is 0 Å². The highest BCUT2D eigenvalue weighted by Gasteiger charge is 2.18. The molecule has 0 unspecified atom stereocenters. The predicted molar refractivity (Wildman–Crippen MR) is 70.5 cm³/mol. The number of rotatable bonds is 3. The van der Waals surface area contributed by atoms with Crippen LogP contribution in [0.4, 0.5) is 5.69 Å². The molecular weight excluding hydrogens is 218 g/mol. The van der Waals surface area contributed by atoms with Crippen LogP contribution in [0.1, 0.15) is 12.8 Å². The number of hydrogen-bond acceptors (Lipinski definition) is 3. The van der Waals surface area contributed by atoms with Crippen molar-refractivity contribution in [2.45, 2.75) is 23.8 Å². The van der Waals surface area contributed by atoms with Crippen molar-refractivity contribution in [3.8, 4) is 0 Å². The summed E-state index contributed by atoms with van der Waals surface area (Å²) in [5.74, 6) is 0. The molecule has 0 saturated carbocycles. The molecule has 16 heavy (non-hydrogen) atoms. The fraction of sp³-hybridized carbons (Fsp3) is 0.538. The first-order chi connectivity index (χ1) is 7.83. The number of hydrogen-bond donors (Lipinski definition) is 0. The Labute approximate surface area is 102 Å². The van der Waals surface area contributed by atoms with Crippen LogP contribution in [0.15, 0.2) is 29.2 Å². The van der Waals surface area contributed by atoms with Crippen LogP contribution in [0.2, 0.25) is 0 Å². The van der Waals surface area contributed by atoms with Crippen molar-refractivity contribution in [2.24, 2.45) is 0 Å². The van der Waals surface area contributed by atoms with Crippen LogP contribution < -0.4 is 4.90 Å². The molecule has 1 fully saturated rings. The lowest BCUT2D eigenvalue weighted by Crippen LogP contribution is -2.36. The Morgan fingerprint density at radius 2 is 1.81 bits per heavy atom. The van der Waals surface area contributed by atoms with Crippen molar-refractivity contribution in [1.29, 1.82) is 0 Å². The number of nitrogens with zero attached hydrogens (tertiary/aromatic N) is 1. The predicted octanol–water partition coefficient (Wildman–Crippen LogP) is 3.02. The Morgan fingerprint density at radius 1 is 1.19 bits per heavy atom. The van der Waals surface area contributed by atoms with Gasteiger partial charge in [0, 0.05) is 30.8 Å². The van der Waals surface area contributed by atoms with Gasteiger partial charge in [-0.15, -0.1) is 11.8 Å². The number of thioether (sulfide) groups is 1. The van der Waals surface area contributed by atoms with Crippen LogP contribution in [0.25, 0.3) is 0 Å². The third kappa shape index (κ3) is 2.71. The van der Waals surface area contributed by atoms with E-state index >= 15 is 0 Å². The maximum absolute atomic E-state index is 5.38. The van der Waals surface area contributed by atoms with E-state index in [9.17, 15) is 0 Å². The van der Waals surface area contributed by atoms with Crippen molar-refractivity contribution in [3.05, 3.63) is 24.3 Å². The molecule has 88 valence electrons. The van der Waals surface area contributed by atoms with Crippen molar-refractivity contribution in [2.75, 3.05) is 31.4 Å². The molecule has 2 rings (SSSR count). The Morgan fingerprint density at radius 3 is 2.31 bits per heavy atom. The van der Waals surface area contributed by atoms with E-state index in [1.165, 1.54) is 10.6 Å². The average molecular weight is 237 g/mol. The second-order valence-corrected chi connectivity index (χ2v) is 5.00. The summed E-state index contributed by atoms with van der Waals surface area (Å²) in [6.07, 6.45) is 4.85. The van der Waals surface area contributed by atoms with E-state index in [0.29, 0.717) is 6.10 Å². The minimum absolute atomic E-state index is 0.460. The summed E-state index contributed by atoms with van der Waals surface area (Å²) in [7, 11) is 1.81. The summed E-state index contributed by atoms with van der Waals surface area (Å²) in [6, 6.07) is 8.84. The van der Waals surface area contributed by atoms with Crippen LogP contribution in [0.3, 0.4) is 0 Å². The monoisotopic (exact) mass is 237 g/mol. The number of piperidine rings is 1. The van der Waals surface area contributed by atoms with Gasteiger partial charge < -0.3 is 9.64 Å². The zero-order valence-electron chi connectivity index (χ0n) is 9.98. The van der Waals surface area contributed by atoms with Crippen molar-refractivity contribution in [1.82, 2.24) is 0 Å². The van der Waals surface area contributed by atoms with E-state index in [1.54, 1.807) is 11.8 Å². The Bertz CT molecular complexity index is 317. The maximum Gasteiger partial charge on any atom is 0.0605 e. The molecule has 0 bridgehead atoms. The number of methoxy groups -OCH3 is 1. The van der Waals surface area contributed by atoms with Crippen LogP contribution in [0, 0.1) is 0 Å². The van der Waals surface area contributed by atoms with E-state index in [2.05, 4.69) is 35.4 Å². The molecule has 0 aromatic heterocycles. The summed E-state index contributed by atoms with van der Waals surface area (Å²) in [4.78, 5) is 3.77. The number of anilines is 1. The first kappa shape index (κ1) is 11.8. The van der Waals surface area contributed by atoms with Gasteiger partial charge in [0.2, 0.25) is 0 Å². The van der Waals surface area contributed by atoms with E-state index in [-0.39, 0.29) is 0 Å². The van der Waals surface area contributed by atoms with Gasteiger partial charge >= 0.3 is 0 Å². The quantitative estimate of drug-likeness (QED) is 0.750. The fourth-order valence-corrected chi connectivity index (χ4v) is 2.55. The minimum atomic E-state index is 0.460. The topological polar surface area (TPSA) is 12.5 Å². The third-order valence-corrected chi connectivity index (χ3v) is 3.96. The zero-order chi connectivity index (χ0) is 11.4. The Balaban J connectivity index is 1.97. The van der Waals surface area contributed by atoms with Crippen LogP contribution >= 0.6 is 11.8 Å². The summed E-state index contributed by atoms with van der Waals surface area (Å²) in [6.45, 7) is 2.22. The molecule has 1 saturated heterocycles. The summed E-state index contributed by atoms with van der Waals surface area (Å²) in [5, 5.41) is 0. The smallest absolute Gasteiger partial charge is 0.0605 e. The largest absolute Gasteiger partial charge is 0.381 e. The highest BCUT2D eigenvalue weighted by Crippen LogP contribution is 2.23. The first-order valence-corrected chi connectivity index (χ1v) is 6.97. The number of benzene rings is 1. The Hall–Kier alpha value is -0.670. The molecular formula is C13H19NOS. The van der Waals surface area contributed by atoms with Crippen molar-refractivity contribution in [3.63, 3.8) is 0 Å². The van der Waals surface area contributed by atoms with Gasteiger partial charge in [0.15, 0.2) is 0 Å². The first-order valence-electron chi connectivity index (χ1n) is 5.75. The molecule has 0 radical (unpaired) electrons. The maximum atomic E-state index is 5.38. The third-order valence-electron chi connectivity index (χ3n) is 3.21. The minimum Gasteiger partial charge on any atom is -0.381 e. The summed E-state index contributed by atoms with van der Waals surface area (Å²) < 4.78 is 5.38. The average Bonchev–Trinajstić information content (AvgIpc) is 2.39. The van der Waals surface area contributed by atoms with E-state index < -0.39 is 0 Å². The van der Waals surface area contributed by atoms with Crippen LogP contribution in [-0.2, 0) is 4.74 Å². The second-order valence-electron chi connectivity index (χ2n) is 4.12. The lowest BCUT2D eigenvalue weighted by molar-refractivity contribution is 0.0819. The van der Waals surface area contributed by atoms with Crippen LogP contribution in [0.5, 0.6) is 0 Å². The van der Waals surface area contributed by atoms with E-state index in [4.69, 9.17) is 4.74 Å². The zero-order valence-corrected chi connectivity index (χ0v) is 10.8. The molecule has 0 amide bonds. The molecule has 0 aliphatic carbocycles. The van der Waals surface area contributed by atoms with Gasteiger partial charge in [-0.25, -0.2) is 0 Å². The highest BCUT2D eigenvalue weighted by molar-refractivity contribution is 7.98. The lowest BCUT2D eigenvalue weighted by Gasteiger charge is -2.33. The van der Waals surface area contributed by atoms with Gasteiger partial charge in [0.25, 0.3) is 0 Å². The van der Waals surface area contributed by atoms with E-state index in [1.807, 2.05) is 7.11 Å². The molecule has 2 nitrogen and oxygen atoms in total. The normalized spacial score (nSPS) is 17.8. The highest BCUT2D eigenvalue weighted by atomic mass is 32.2. The van der Waals surface area contributed by atoms with E-state index in [0.717, 1.165) is 25.9 Å². The van der Waals surface area contributed by atoms with Gasteiger partial charge in [-0.05, 0) is 43.4 Å². The van der Waals surface area contributed by atoms with Crippen LogP contribution in [-0.4, -0.2) is 32.6 Å².